The summed E-state index contributed by atoms with van der Waals surface area (Å²) >= 11 is 0. The van der Waals surface area contributed by atoms with Crippen molar-refractivity contribution in [1.82, 2.24) is 0 Å². The maximum atomic E-state index is 8.24. The highest BCUT2D eigenvalue weighted by atomic mass is 16.1. The minimum atomic E-state index is 0.500. The van der Waals surface area contributed by atoms with Crippen molar-refractivity contribution in [2.75, 3.05) is 27.2 Å². The third-order valence-corrected chi connectivity index (χ3v) is 1.78. The van der Waals surface area contributed by atoms with E-state index in [1.165, 1.54) is 30.4 Å². The molecule has 10 heavy (non-hydrogen) atoms. The number of hydrogen-bond acceptors (Lipinski definition) is 1. The lowest BCUT2D eigenvalue weighted by molar-refractivity contribution is -0.877. The lowest BCUT2D eigenvalue weighted by Gasteiger charge is -2.21. The molecule has 1 heterocycles. The summed E-state index contributed by atoms with van der Waals surface area (Å²) in [4.78, 5) is 8.24. The van der Waals surface area contributed by atoms with Gasteiger partial charge in [0, 0.05) is 12.8 Å². The molecule has 1 saturated heterocycles. The van der Waals surface area contributed by atoms with E-state index in [-0.39, 0.29) is 0 Å². The van der Waals surface area contributed by atoms with Gasteiger partial charge in [0.05, 0.1) is 27.2 Å². The van der Waals surface area contributed by atoms with E-state index in [1.54, 1.807) is 0 Å². The van der Waals surface area contributed by atoms with Crippen LogP contribution in [0.15, 0.2) is 0 Å². The molecule has 0 saturated carbocycles. The van der Waals surface area contributed by atoms with Gasteiger partial charge in [0.2, 0.25) is 0 Å². The van der Waals surface area contributed by atoms with Crippen molar-refractivity contribution in [1.29, 1.82) is 0 Å². The fourth-order valence-corrected chi connectivity index (χ4v) is 1.19. The highest BCUT2D eigenvalue weighted by molar-refractivity contribution is 5.36. The number of carbonyl (C=O) groups excluding carboxylic acids is 1. The molecular formula is C7H14N2O. The van der Waals surface area contributed by atoms with Crippen LogP contribution in [0.4, 0.5) is 0 Å². The van der Waals surface area contributed by atoms with Gasteiger partial charge in [-0.25, -0.2) is 0 Å². The third-order valence-electron chi connectivity index (χ3n) is 1.78. The molecule has 0 aromatic carbocycles. The average Bonchev–Trinajstić information content (AvgIpc) is 2.16. The fraction of sp³-hybridized carbons (Fsp3) is 0.857. The summed E-state index contributed by atoms with van der Waals surface area (Å²) in [5, 5.41) is 6.76. The second kappa shape index (κ2) is 4.20. The molecule has 1 rings (SSSR count). The van der Waals surface area contributed by atoms with E-state index in [1.807, 2.05) is 0 Å². The van der Waals surface area contributed by atoms with E-state index in [0.717, 1.165) is 0 Å². The molecule has 0 aliphatic carbocycles. The Hall–Kier alpha value is -0.660. The normalized spacial score (nSPS) is 20.6. The number of quaternary nitrogens is 1. The number of isocyanates is 1. The van der Waals surface area contributed by atoms with Crippen LogP contribution in [-0.2, 0) is 4.79 Å². The highest BCUT2D eigenvalue weighted by Crippen LogP contribution is 2.11. The largest absolute Gasteiger partial charge is 0.724 e. The molecule has 0 atom stereocenters. The maximum absolute atomic E-state index is 8.24. The van der Waals surface area contributed by atoms with E-state index in [9.17, 15) is 0 Å². The molecule has 0 spiro atoms. The van der Waals surface area contributed by atoms with Gasteiger partial charge < -0.3 is 9.89 Å². The molecule has 0 amide bonds. The zero-order chi connectivity index (χ0) is 8.04. The quantitative estimate of drug-likeness (QED) is 0.279. The van der Waals surface area contributed by atoms with Crippen molar-refractivity contribution >= 4 is 6.08 Å². The summed E-state index contributed by atoms with van der Waals surface area (Å²) < 4.78 is 1.25. The van der Waals surface area contributed by atoms with Crippen molar-refractivity contribution in [3.05, 3.63) is 5.41 Å². The van der Waals surface area contributed by atoms with Crippen molar-refractivity contribution < 1.29 is 9.28 Å². The Morgan fingerprint density at radius 2 is 1.60 bits per heavy atom. The Morgan fingerprint density at radius 3 is 1.70 bits per heavy atom. The molecule has 0 aromatic rings. The van der Waals surface area contributed by atoms with Gasteiger partial charge in [0.25, 0.3) is 0 Å². The lowest BCUT2D eigenvalue weighted by atomic mass is 10.4. The van der Waals surface area contributed by atoms with Crippen molar-refractivity contribution in [2.24, 2.45) is 0 Å². The SMILES string of the molecule is C[N+]1(C)CCCC1.[N-]=C=O. The number of hydrogen-bond donors (Lipinski definition) is 0. The standard InChI is InChI=1S/C6H14N.CNO/c1-7(2)5-3-4-6-7;2-1-3/h3-6H2,1-2H3;/q+1;-1. The van der Waals surface area contributed by atoms with Crippen molar-refractivity contribution in [2.45, 2.75) is 12.8 Å². The van der Waals surface area contributed by atoms with Crippen LogP contribution in [0.25, 0.3) is 5.41 Å². The van der Waals surface area contributed by atoms with E-state index < -0.39 is 0 Å². The molecule has 1 aliphatic heterocycles. The van der Waals surface area contributed by atoms with Crippen LogP contribution in [-0.4, -0.2) is 37.7 Å². The lowest BCUT2D eigenvalue weighted by Crippen LogP contribution is -2.35. The predicted octanol–water partition coefficient (Wildman–Crippen LogP) is 0.748. The molecule has 0 radical (unpaired) electrons. The summed E-state index contributed by atoms with van der Waals surface area (Å²) in [5.41, 5.74) is 0. The zero-order valence-corrected chi connectivity index (χ0v) is 6.63. The van der Waals surface area contributed by atoms with Gasteiger partial charge in [0.1, 0.15) is 0 Å². The van der Waals surface area contributed by atoms with Crippen LogP contribution in [0.3, 0.4) is 0 Å². The predicted molar refractivity (Wildman–Crippen MR) is 40.1 cm³/mol. The first-order valence-electron chi connectivity index (χ1n) is 3.45. The molecule has 1 aliphatic rings. The van der Waals surface area contributed by atoms with Crippen molar-refractivity contribution in [3.63, 3.8) is 0 Å². The molecule has 0 aromatic heterocycles. The Labute approximate surface area is 61.7 Å². The Balaban J connectivity index is 0.000000236. The molecule has 0 N–H and O–H groups in total. The topological polar surface area (TPSA) is 39.4 Å². The third kappa shape index (κ3) is 4.24. The van der Waals surface area contributed by atoms with E-state index in [2.05, 4.69) is 14.1 Å². The molecule has 0 unspecified atom stereocenters. The number of likely N-dealkylation sites (tertiary alicyclic amines) is 1. The second-order valence-corrected chi connectivity index (χ2v) is 3.18. The van der Waals surface area contributed by atoms with Gasteiger partial charge in [-0.3, -0.25) is 4.79 Å². The maximum Gasteiger partial charge on any atom is 0.0784 e. The molecular weight excluding hydrogens is 128 g/mol. The fourth-order valence-electron chi connectivity index (χ4n) is 1.19. The van der Waals surface area contributed by atoms with Crippen LogP contribution < -0.4 is 0 Å². The summed E-state index contributed by atoms with van der Waals surface area (Å²) in [6, 6.07) is 0. The Bertz CT molecular complexity index is 118. The van der Waals surface area contributed by atoms with Crippen LogP contribution in [0, 0.1) is 0 Å². The summed E-state index contributed by atoms with van der Waals surface area (Å²) in [6.45, 7) is 2.78. The highest BCUT2D eigenvalue weighted by Gasteiger charge is 2.19. The van der Waals surface area contributed by atoms with E-state index in [4.69, 9.17) is 10.2 Å². The average molecular weight is 142 g/mol. The Kier molecular flexibility index (Phi) is 3.93. The second-order valence-electron chi connectivity index (χ2n) is 3.18. The van der Waals surface area contributed by atoms with E-state index >= 15 is 0 Å². The van der Waals surface area contributed by atoms with Gasteiger partial charge in [-0.2, -0.15) is 0 Å². The Morgan fingerprint density at radius 1 is 1.30 bits per heavy atom. The first-order chi connectivity index (χ1) is 4.62. The van der Waals surface area contributed by atoms with E-state index in [0.29, 0.717) is 6.08 Å². The molecule has 3 heteroatoms. The van der Waals surface area contributed by atoms with Gasteiger partial charge in [0.15, 0.2) is 0 Å². The van der Waals surface area contributed by atoms with Crippen LogP contribution in [0.1, 0.15) is 12.8 Å². The molecule has 58 valence electrons. The molecule has 0 bridgehead atoms. The minimum Gasteiger partial charge on any atom is -0.724 e. The van der Waals surface area contributed by atoms with Crippen LogP contribution in [0.5, 0.6) is 0 Å². The van der Waals surface area contributed by atoms with Gasteiger partial charge in [-0.1, -0.05) is 0 Å². The first kappa shape index (κ1) is 9.34. The molecule has 3 nitrogen and oxygen atoms in total. The van der Waals surface area contributed by atoms with Crippen molar-refractivity contribution in [3.8, 4) is 0 Å². The van der Waals surface area contributed by atoms with Crippen LogP contribution >= 0.6 is 0 Å². The smallest absolute Gasteiger partial charge is 0.0784 e. The van der Waals surface area contributed by atoms with Gasteiger partial charge >= 0.3 is 0 Å². The number of rotatable bonds is 0. The zero-order valence-electron chi connectivity index (χ0n) is 6.63. The minimum absolute atomic E-state index is 0.500. The van der Waals surface area contributed by atoms with Crippen LogP contribution in [0.2, 0.25) is 0 Å². The first-order valence-corrected chi connectivity index (χ1v) is 3.45. The monoisotopic (exact) mass is 142 g/mol. The number of nitrogens with zero attached hydrogens (tertiary/aromatic N) is 2. The van der Waals surface area contributed by atoms with Gasteiger partial charge in [-0.15, -0.1) is 0 Å². The van der Waals surface area contributed by atoms with Gasteiger partial charge in [-0.05, 0) is 6.08 Å². The molecule has 1 fully saturated rings. The summed E-state index contributed by atoms with van der Waals surface area (Å²) in [5.74, 6) is 0. The summed E-state index contributed by atoms with van der Waals surface area (Å²) in [6.07, 6.45) is 3.38. The summed E-state index contributed by atoms with van der Waals surface area (Å²) in [7, 11) is 4.60.